The average molecular weight is 252 g/mol. The molecule has 3 rings (SSSR count). The highest BCUT2D eigenvalue weighted by molar-refractivity contribution is 5.74. The van der Waals surface area contributed by atoms with Gasteiger partial charge in [0.2, 0.25) is 0 Å². The zero-order valence-corrected chi connectivity index (χ0v) is 10.9. The van der Waals surface area contributed by atoms with Gasteiger partial charge < -0.3 is 0 Å². The molecule has 2 aromatic carbocycles. The van der Waals surface area contributed by atoms with E-state index in [1.165, 1.54) is 5.56 Å². The minimum atomic E-state index is -1.31. The highest BCUT2D eigenvalue weighted by Crippen LogP contribution is 2.42. The molecule has 0 fully saturated rings. The molecule has 1 aliphatic carbocycles. The van der Waals surface area contributed by atoms with E-state index in [1.807, 2.05) is 48.5 Å². The van der Waals surface area contributed by atoms with Gasteiger partial charge in [-0.25, -0.2) is 4.39 Å². The van der Waals surface area contributed by atoms with Crippen LogP contribution in [0.15, 0.2) is 61.2 Å². The molecule has 1 heteroatoms. The highest BCUT2D eigenvalue weighted by Gasteiger charge is 2.37. The van der Waals surface area contributed by atoms with Gasteiger partial charge in [0.25, 0.3) is 0 Å². The van der Waals surface area contributed by atoms with Crippen molar-refractivity contribution in [3.05, 3.63) is 77.9 Å². The van der Waals surface area contributed by atoms with Gasteiger partial charge in [-0.05, 0) is 35.1 Å². The topological polar surface area (TPSA) is 0 Å². The number of hydrogen-bond donors (Lipinski definition) is 0. The van der Waals surface area contributed by atoms with E-state index >= 15 is 4.39 Å². The number of aryl methyl sites for hydroxylation is 1. The lowest BCUT2D eigenvalue weighted by Crippen LogP contribution is -2.32. The molecule has 2 aromatic rings. The molecule has 0 radical (unpaired) electrons. The quantitative estimate of drug-likeness (QED) is 0.733. The van der Waals surface area contributed by atoms with Crippen molar-refractivity contribution in [2.45, 2.75) is 24.9 Å². The molecule has 0 amide bonds. The molecule has 0 heterocycles. The maximum Gasteiger partial charge on any atom is 0.140 e. The van der Waals surface area contributed by atoms with Crippen LogP contribution in [-0.4, -0.2) is 5.67 Å². The van der Waals surface area contributed by atoms with Crippen molar-refractivity contribution in [1.82, 2.24) is 0 Å². The minimum absolute atomic E-state index is 0.418. The molecule has 1 atom stereocenters. The molecule has 0 saturated heterocycles. The number of allylic oxidation sites excluding steroid dienone is 1. The molecule has 96 valence electrons. The molecule has 0 N–H and O–H groups in total. The fourth-order valence-electron chi connectivity index (χ4n) is 2.87. The smallest absolute Gasteiger partial charge is 0.140 e. The van der Waals surface area contributed by atoms with Crippen LogP contribution in [0.1, 0.15) is 23.1 Å². The molecular formula is C18H17F. The monoisotopic (exact) mass is 252 g/mol. The van der Waals surface area contributed by atoms with Crippen LogP contribution in [0.4, 0.5) is 4.39 Å². The second kappa shape index (κ2) is 4.65. The minimum Gasteiger partial charge on any atom is -0.238 e. The first-order chi connectivity index (χ1) is 9.19. The van der Waals surface area contributed by atoms with Gasteiger partial charge in [-0.15, -0.1) is 0 Å². The second-order valence-corrected chi connectivity index (χ2v) is 5.26. The third-order valence-corrected chi connectivity index (χ3v) is 4.00. The van der Waals surface area contributed by atoms with E-state index < -0.39 is 5.67 Å². The molecule has 0 aliphatic heterocycles. The van der Waals surface area contributed by atoms with E-state index in [0.717, 1.165) is 17.5 Å². The first kappa shape index (κ1) is 12.2. The normalized spacial score (nSPS) is 22.1. The van der Waals surface area contributed by atoms with Crippen molar-refractivity contribution in [3.63, 3.8) is 0 Å². The number of rotatable bonds is 2. The van der Waals surface area contributed by atoms with Crippen molar-refractivity contribution in [1.29, 1.82) is 0 Å². The Morgan fingerprint density at radius 1 is 1.00 bits per heavy atom. The van der Waals surface area contributed by atoms with Gasteiger partial charge in [-0.2, -0.15) is 0 Å². The summed E-state index contributed by atoms with van der Waals surface area (Å²) >= 11 is 0. The van der Waals surface area contributed by atoms with E-state index in [2.05, 4.69) is 12.6 Å². The third-order valence-electron chi connectivity index (χ3n) is 4.00. The molecule has 0 nitrogen and oxygen atoms in total. The van der Waals surface area contributed by atoms with Crippen molar-refractivity contribution < 1.29 is 4.39 Å². The van der Waals surface area contributed by atoms with Crippen LogP contribution in [-0.2, 0) is 12.8 Å². The fraction of sp³-hybridized carbons (Fsp3) is 0.222. The van der Waals surface area contributed by atoms with Gasteiger partial charge in [0.05, 0.1) is 0 Å². The summed E-state index contributed by atoms with van der Waals surface area (Å²) in [6, 6.07) is 17.9. The van der Waals surface area contributed by atoms with Gasteiger partial charge >= 0.3 is 0 Å². The van der Waals surface area contributed by atoms with Crippen LogP contribution >= 0.6 is 0 Å². The zero-order valence-electron chi connectivity index (χ0n) is 10.9. The lowest BCUT2D eigenvalue weighted by molar-refractivity contribution is 0.221. The number of benzene rings is 2. The Kier molecular flexibility index (Phi) is 2.98. The van der Waals surface area contributed by atoms with Crippen LogP contribution in [0.5, 0.6) is 0 Å². The Balaban J connectivity index is 1.92. The summed E-state index contributed by atoms with van der Waals surface area (Å²) in [5.41, 5.74) is 2.57. The molecule has 0 saturated carbocycles. The molecule has 0 bridgehead atoms. The van der Waals surface area contributed by atoms with Crippen molar-refractivity contribution >= 4 is 5.57 Å². The Morgan fingerprint density at radius 3 is 2.47 bits per heavy atom. The van der Waals surface area contributed by atoms with E-state index in [1.54, 1.807) is 0 Å². The summed E-state index contributed by atoms with van der Waals surface area (Å²) in [6.07, 6.45) is 1.73. The SMILES string of the molecule is C=C1c2ccccc2CCC1(F)Cc1ccccc1. The zero-order chi connectivity index (χ0) is 13.3. The van der Waals surface area contributed by atoms with Crippen LogP contribution in [0, 0.1) is 0 Å². The first-order valence-electron chi connectivity index (χ1n) is 6.69. The standard InChI is InChI=1S/C18H17F/c1-14-17-10-6-5-9-16(17)11-12-18(14,19)13-15-7-3-2-4-8-15/h2-10H,1,11-13H2. The third kappa shape index (κ3) is 2.21. The Labute approximate surface area is 113 Å². The molecular weight excluding hydrogens is 235 g/mol. The molecule has 0 spiro atoms. The lowest BCUT2D eigenvalue weighted by Gasteiger charge is -2.33. The number of halogens is 1. The van der Waals surface area contributed by atoms with Gasteiger partial charge in [0.1, 0.15) is 5.67 Å². The largest absolute Gasteiger partial charge is 0.238 e. The van der Waals surface area contributed by atoms with Crippen molar-refractivity contribution in [3.8, 4) is 0 Å². The Morgan fingerprint density at radius 2 is 1.68 bits per heavy atom. The first-order valence-corrected chi connectivity index (χ1v) is 6.69. The summed E-state index contributed by atoms with van der Waals surface area (Å²) in [5, 5.41) is 0. The van der Waals surface area contributed by atoms with Crippen LogP contribution in [0.3, 0.4) is 0 Å². The van der Waals surface area contributed by atoms with Gasteiger partial charge in [-0.3, -0.25) is 0 Å². The maximum atomic E-state index is 15.2. The summed E-state index contributed by atoms with van der Waals surface area (Å²) in [7, 11) is 0. The van der Waals surface area contributed by atoms with Crippen molar-refractivity contribution in [2.75, 3.05) is 0 Å². The molecule has 1 unspecified atom stereocenters. The number of fused-ring (bicyclic) bond motifs is 1. The maximum absolute atomic E-state index is 15.2. The van der Waals surface area contributed by atoms with Crippen LogP contribution in [0.2, 0.25) is 0 Å². The Bertz CT molecular complexity index is 600. The average Bonchev–Trinajstić information content (AvgIpc) is 2.45. The second-order valence-electron chi connectivity index (χ2n) is 5.26. The van der Waals surface area contributed by atoms with Gasteiger partial charge in [0, 0.05) is 6.42 Å². The number of alkyl halides is 1. The summed E-state index contributed by atoms with van der Waals surface area (Å²) < 4.78 is 15.2. The molecule has 0 aromatic heterocycles. The molecule has 1 aliphatic rings. The summed E-state index contributed by atoms with van der Waals surface area (Å²) in [5.74, 6) is 0. The van der Waals surface area contributed by atoms with E-state index in [0.29, 0.717) is 18.4 Å². The fourth-order valence-corrected chi connectivity index (χ4v) is 2.87. The van der Waals surface area contributed by atoms with E-state index in [9.17, 15) is 0 Å². The Hall–Kier alpha value is -1.89. The lowest BCUT2D eigenvalue weighted by atomic mass is 9.75. The van der Waals surface area contributed by atoms with Gasteiger partial charge in [0.15, 0.2) is 0 Å². The van der Waals surface area contributed by atoms with Crippen LogP contribution < -0.4 is 0 Å². The van der Waals surface area contributed by atoms with E-state index in [-0.39, 0.29) is 0 Å². The molecule has 19 heavy (non-hydrogen) atoms. The highest BCUT2D eigenvalue weighted by atomic mass is 19.1. The predicted octanol–water partition coefficient (Wildman–Crippen LogP) is 4.60. The van der Waals surface area contributed by atoms with Crippen molar-refractivity contribution in [2.24, 2.45) is 0 Å². The summed E-state index contributed by atoms with van der Waals surface area (Å²) in [4.78, 5) is 0. The summed E-state index contributed by atoms with van der Waals surface area (Å²) in [6.45, 7) is 4.03. The predicted molar refractivity (Wildman–Crippen MR) is 77.8 cm³/mol. The van der Waals surface area contributed by atoms with Crippen LogP contribution in [0.25, 0.3) is 5.57 Å². The van der Waals surface area contributed by atoms with Gasteiger partial charge in [-0.1, -0.05) is 61.2 Å². The number of hydrogen-bond acceptors (Lipinski definition) is 0. The van der Waals surface area contributed by atoms with E-state index in [4.69, 9.17) is 0 Å².